The summed E-state index contributed by atoms with van der Waals surface area (Å²) in [6.45, 7) is 0. The van der Waals surface area contributed by atoms with Crippen molar-refractivity contribution in [3.63, 3.8) is 0 Å². The molecule has 14 heavy (non-hydrogen) atoms. The van der Waals surface area contributed by atoms with E-state index in [4.69, 9.17) is 17.3 Å². The van der Waals surface area contributed by atoms with Gasteiger partial charge in [0.05, 0.1) is 16.3 Å². The number of carbonyl (C=O) groups is 1. The molecule has 0 amide bonds. The Labute approximate surface area is 90.3 Å². The van der Waals surface area contributed by atoms with Gasteiger partial charge in [0, 0.05) is 10.4 Å². The Balaban J connectivity index is 2.73. The molecule has 1 heterocycles. The van der Waals surface area contributed by atoms with Crippen LogP contribution in [0.4, 0.5) is 5.69 Å². The maximum atomic E-state index is 10.6. The quantitative estimate of drug-likeness (QED) is 0.485. The lowest BCUT2D eigenvalue weighted by Crippen LogP contribution is -1.87. The van der Waals surface area contributed by atoms with Crippen molar-refractivity contribution >= 4 is 45.0 Å². The van der Waals surface area contributed by atoms with E-state index in [0.717, 1.165) is 21.2 Å². The third-order valence-electron chi connectivity index (χ3n) is 1.99. The molecule has 2 N–H and O–H groups in total. The number of hydrogen-bond acceptors (Lipinski definition) is 3. The van der Waals surface area contributed by atoms with Gasteiger partial charge in [-0.2, -0.15) is 0 Å². The summed E-state index contributed by atoms with van der Waals surface area (Å²) < 4.78 is 1.01. The number of nitrogen functional groups attached to an aromatic ring is 1. The van der Waals surface area contributed by atoms with Gasteiger partial charge in [0.1, 0.15) is 6.29 Å². The van der Waals surface area contributed by atoms with Crippen LogP contribution < -0.4 is 5.73 Å². The Bertz CT molecular complexity index is 492. The molecule has 0 aliphatic heterocycles. The van der Waals surface area contributed by atoms with Gasteiger partial charge in [0.2, 0.25) is 0 Å². The summed E-state index contributed by atoms with van der Waals surface area (Å²) in [5.41, 5.74) is 7.06. The Hall–Kier alpha value is -1.06. The summed E-state index contributed by atoms with van der Waals surface area (Å²) in [6, 6.07) is 5.48. The minimum Gasteiger partial charge on any atom is -0.398 e. The van der Waals surface area contributed by atoms with E-state index in [0.29, 0.717) is 17.1 Å². The summed E-state index contributed by atoms with van der Waals surface area (Å²) in [5.74, 6) is 0.481. The second-order valence-corrected chi connectivity index (χ2v) is 4.40. The van der Waals surface area contributed by atoms with Crippen molar-refractivity contribution in [3.8, 4) is 0 Å². The number of anilines is 1. The topological polar surface area (TPSA) is 43.1 Å². The average Bonchev–Trinajstić information content (AvgIpc) is 2.61. The minimum atomic E-state index is 0.481. The van der Waals surface area contributed by atoms with E-state index < -0.39 is 0 Å². The van der Waals surface area contributed by atoms with Crippen LogP contribution in [0.3, 0.4) is 0 Å². The van der Waals surface area contributed by atoms with Gasteiger partial charge >= 0.3 is 0 Å². The normalized spacial score (nSPS) is 10.6. The molecule has 0 aliphatic carbocycles. The molecule has 0 saturated heterocycles. The van der Waals surface area contributed by atoms with Crippen LogP contribution in [-0.4, -0.2) is 6.29 Å². The van der Waals surface area contributed by atoms with Crippen LogP contribution >= 0.6 is 22.9 Å². The highest BCUT2D eigenvalue weighted by Gasteiger charge is 2.05. The van der Waals surface area contributed by atoms with E-state index in [1.54, 1.807) is 17.4 Å². The Kier molecular flexibility index (Phi) is 2.44. The second-order valence-electron chi connectivity index (χ2n) is 2.99. The largest absolute Gasteiger partial charge is 0.398 e. The Morgan fingerprint density at radius 3 is 2.86 bits per heavy atom. The molecule has 0 atom stereocenters. The van der Waals surface area contributed by atoms with Gasteiger partial charge in [-0.05, 0) is 23.6 Å². The highest BCUT2D eigenvalue weighted by atomic mass is 35.5. The zero-order valence-electron chi connectivity index (χ0n) is 7.29. The lowest BCUT2D eigenvalue weighted by molar-refractivity contribution is 0.112. The first kappa shape index (κ1) is 9.49. The lowest BCUT2D eigenvalue weighted by atomic mass is 10.1. The molecule has 0 spiro atoms. The SMILES string of the molecule is Nc1cc(C=O)cc2cc(CCl)sc12. The van der Waals surface area contributed by atoms with Crippen LogP contribution in [0.15, 0.2) is 18.2 Å². The van der Waals surface area contributed by atoms with Gasteiger partial charge in [0.15, 0.2) is 0 Å². The van der Waals surface area contributed by atoms with Crippen molar-refractivity contribution in [3.05, 3.63) is 28.6 Å². The standard InChI is InChI=1S/C10H8ClNOS/c11-4-8-3-7-1-6(5-13)2-9(12)10(7)14-8/h1-3,5H,4,12H2. The zero-order valence-corrected chi connectivity index (χ0v) is 8.86. The minimum absolute atomic E-state index is 0.481. The van der Waals surface area contributed by atoms with Gasteiger partial charge in [-0.25, -0.2) is 0 Å². The number of hydrogen-bond donors (Lipinski definition) is 1. The number of carbonyl (C=O) groups excluding carboxylic acids is 1. The fourth-order valence-electron chi connectivity index (χ4n) is 1.39. The fraction of sp³-hybridized carbons (Fsp3) is 0.100. The number of nitrogens with two attached hydrogens (primary N) is 1. The Morgan fingerprint density at radius 2 is 2.21 bits per heavy atom. The first-order valence-corrected chi connectivity index (χ1v) is 5.43. The van der Waals surface area contributed by atoms with Crippen molar-refractivity contribution in [2.75, 3.05) is 5.73 Å². The molecule has 0 radical (unpaired) electrons. The van der Waals surface area contributed by atoms with Crippen LogP contribution in [0.2, 0.25) is 0 Å². The van der Waals surface area contributed by atoms with Crippen LogP contribution in [0.5, 0.6) is 0 Å². The van der Waals surface area contributed by atoms with E-state index in [2.05, 4.69) is 0 Å². The van der Waals surface area contributed by atoms with E-state index in [9.17, 15) is 4.79 Å². The molecule has 72 valence electrons. The molecule has 0 aliphatic rings. The van der Waals surface area contributed by atoms with Crippen molar-refractivity contribution in [2.24, 2.45) is 0 Å². The smallest absolute Gasteiger partial charge is 0.150 e. The lowest BCUT2D eigenvalue weighted by Gasteiger charge is -1.96. The second kappa shape index (κ2) is 3.59. The molecule has 4 heteroatoms. The molecule has 0 fully saturated rings. The number of halogens is 1. The summed E-state index contributed by atoms with van der Waals surface area (Å²) in [5, 5.41) is 0.993. The molecule has 1 aromatic heterocycles. The summed E-state index contributed by atoms with van der Waals surface area (Å²) in [6.07, 6.45) is 0.799. The third kappa shape index (κ3) is 1.49. The molecule has 0 saturated carbocycles. The monoisotopic (exact) mass is 225 g/mol. The van der Waals surface area contributed by atoms with Crippen LogP contribution in [0.25, 0.3) is 10.1 Å². The molecule has 0 bridgehead atoms. The van der Waals surface area contributed by atoms with Crippen LogP contribution in [-0.2, 0) is 5.88 Å². The molecule has 0 unspecified atom stereocenters. The summed E-state index contributed by atoms with van der Waals surface area (Å²) in [4.78, 5) is 11.7. The highest BCUT2D eigenvalue weighted by Crippen LogP contribution is 2.32. The van der Waals surface area contributed by atoms with Crippen LogP contribution in [0, 0.1) is 0 Å². The molecule has 1 aromatic carbocycles. The zero-order chi connectivity index (χ0) is 10.1. The number of thiophene rings is 1. The van der Waals surface area contributed by atoms with Gasteiger partial charge in [-0.3, -0.25) is 4.79 Å². The molecular formula is C10H8ClNOS. The van der Waals surface area contributed by atoms with E-state index in [1.165, 1.54) is 0 Å². The van der Waals surface area contributed by atoms with Gasteiger partial charge in [-0.15, -0.1) is 22.9 Å². The summed E-state index contributed by atoms with van der Waals surface area (Å²) in [7, 11) is 0. The van der Waals surface area contributed by atoms with Crippen molar-refractivity contribution in [1.29, 1.82) is 0 Å². The molecular weight excluding hydrogens is 218 g/mol. The van der Waals surface area contributed by atoms with Gasteiger partial charge in [-0.1, -0.05) is 0 Å². The molecule has 2 aromatic rings. The fourth-order valence-corrected chi connectivity index (χ4v) is 2.55. The first-order chi connectivity index (χ1) is 6.74. The number of fused-ring (bicyclic) bond motifs is 1. The maximum absolute atomic E-state index is 10.6. The van der Waals surface area contributed by atoms with E-state index in [-0.39, 0.29) is 0 Å². The van der Waals surface area contributed by atoms with E-state index >= 15 is 0 Å². The average molecular weight is 226 g/mol. The van der Waals surface area contributed by atoms with Gasteiger partial charge < -0.3 is 5.73 Å². The van der Waals surface area contributed by atoms with E-state index in [1.807, 2.05) is 12.1 Å². The predicted octanol–water partition coefficient (Wildman–Crippen LogP) is 3.03. The highest BCUT2D eigenvalue weighted by molar-refractivity contribution is 7.19. The van der Waals surface area contributed by atoms with Crippen molar-refractivity contribution in [2.45, 2.75) is 5.88 Å². The van der Waals surface area contributed by atoms with Crippen LogP contribution in [0.1, 0.15) is 15.2 Å². The van der Waals surface area contributed by atoms with Crippen molar-refractivity contribution in [1.82, 2.24) is 0 Å². The summed E-state index contributed by atoms with van der Waals surface area (Å²) >= 11 is 7.29. The predicted molar refractivity (Wildman–Crippen MR) is 61.2 cm³/mol. The Morgan fingerprint density at radius 1 is 1.43 bits per heavy atom. The number of rotatable bonds is 2. The number of aldehydes is 1. The van der Waals surface area contributed by atoms with Gasteiger partial charge in [0.25, 0.3) is 0 Å². The third-order valence-corrected chi connectivity index (χ3v) is 3.63. The number of benzene rings is 1. The first-order valence-electron chi connectivity index (χ1n) is 4.07. The molecule has 2 rings (SSSR count). The molecule has 2 nitrogen and oxygen atoms in total. The number of alkyl halides is 1. The maximum Gasteiger partial charge on any atom is 0.150 e. The van der Waals surface area contributed by atoms with Crippen molar-refractivity contribution < 1.29 is 4.79 Å².